The van der Waals surface area contributed by atoms with Crippen LogP contribution in [0.1, 0.15) is 52.1 Å². The molecule has 166 valence electrons. The van der Waals surface area contributed by atoms with Gasteiger partial charge in [0, 0.05) is 25.4 Å². The number of nitrogens with one attached hydrogen (secondary N) is 2. The van der Waals surface area contributed by atoms with Crippen molar-refractivity contribution in [2.45, 2.75) is 44.9 Å². The van der Waals surface area contributed by atoms with E-state index in [-0.39, 0.29) is 18.3 Å². The van der Waals surface area contributed by atoms with Crippen molar-refractivity contribution in [3.8, 4) is 0 Å². The molecule has 2 aliphatic carbocycles. The third-order valence-electron chi connectivity index (χ3n) is 6.18. The van der Waals surface area contributed by atoms with Crippen molar-refractivity contribution in [3.63, 3.8) is 0 Å². The standard InChI is InChI=1S/C21H26N4O5S/c26-20(24-31(27,28)25-8-3-10-29-11-9-25)18-13-22-21(30-18)23-19-16-6-1-4-14(16)12-15-5-2-7-17(15)19/h12-13H,1-11H2,(H,22,23)(H,24,26). The Morgan fingerprint density at radius 1 is 1.00 bits per heavy atom. The molecule has 5 rings (SSSR count). The van der Waals surface area contributed by atoms with Crippen molar-refractivity contribution < 1.29 is 22.4 Å². The molecular formula is C21H26N4O5S. The molecule has 0 spiro atoms. The number of amides is 1. The zero-order valence-electron chi connectivity index (χ0n) is 17.3. The van der Waals surface area contributed by atoms with Gasteiger partial charge in [0.05, 0.1) is 12.8 Å². The van der Waals surface area contributed by atoms with E-state index in [1.807, 2.05) is 0 Å². The van der Waals surface area contributed by atoms with Gasteiger partial charge in [0.25, 0.3) is 6.01 Å². The molecule has 0 radical (unpaired) electrons. The number of carbonyl (C=O) groups is 1. The van der Waals surface area contributed by atoms with Crippen molar-refractivity contribution in [1.29, 1.82) is 0 Å². The smallest absolute Gasteiger partial charge is 0.304 e. The Morgan fingerprint density at radius 3 is 2.48 bits per heavy atom. The zero-order chi connectivity index (χ0) is 21.4. The fraction of sp³-hybridized carbons (Fsp3) is 0.524. The largest absolute Gasteiger partial charge is 0.418 e. The minimum absolute atomic E-state index is 0.152. The Labute approximate surface area is 181 Å². The molecule has 0 saturated carbocycles. The minimum Gasteiger partial charge on any atom is -0.418 e. The Balaban J connectivity index is 1.33. The lowest BCUT2D eigenvalue weighted by Crippen LogP contribution is -2.44. The molecule has 1 saturated heterocycles. The third-order valence-corrected chi connectivity index (χ3v) is 7.67. The summed E-state index contributed by atoms with van der Waals surface area (Å²) in [6, 6.07) is 2.53. The Bertz CT molecular complexity index is 1070. The van der Waals surface area contributed by atoms with E-state index in [2.05, 4.69) is 21.1 Å². The van der Waals surface area contributed by atoms with Crippen LogP contribution >= 0.6 is 0 Å². The first kappa shape index (κ1) is 20.5. The van der Waals surface area contributed by atoms with Gasteiger partial charge in [-0.2, -0.15) is 12.7 Å². The molecule has 0 unspecified atom stereocenters. The molecule has 2 aromatic rings. The number of hydrogen-bond acceptors (Lipinski definition) is 7. The van der Waals surface area contributed by atoms with E-state index in [0.29, 0.717) is 26.2 Å². The van der Waals surface area contributed by atoms with Crippen LogP contribution in [0.5, 0.6) is 0 Å². The van der Waals surface area contributed by atoms with Crippen molar-refractivity contribution in [1.82, 2.24) is 14.0 Å². The summed E-state index contributed by atoms with van der Waals surface area (Å²) in [6.07, 6.45) is 8.27. The Hall–Kier alpha value is -2.43. The summed E-state index contributed by atoms with van der Waals surface area (Å²) < 4.78 is 39.2. The van der Waals surface area contributed by atoms with Gasteiger partial charge in [-0.25, -0.2) is 9.71 Å². The maximum Gasteiger partial charge on any atom is 0.304 e. The van der Waals surface area contributed by atoms with E-state index >= 15 is 0 Å². The van der Waals surface area contributed by atoms with Crippen LogP contribution in [-0.2, 0) is 40.6 Å². The predicted octanol–water partition coefficient (Wildman–Crippen LogP) is 2.09. The average Bonchev–Trinajstić information content (AvgIpc) is 3.45. The topological polar surface area (TPSA) is 114 Å². The highest BCUT2D eigenvalue weighted by Gasteiger charge is 2.28. The van der Waals surface area contributed by atoms with Crippen molar-refractivity contribution in [3.05, 3.63) is 40.3 Å². The summed E-state index contributed by atoms with van der Waals surface area (Å²) in [4.78, 5) is 16.7. The molecule has 0 bridgehead atoms. The lowest BCUT2D eigenvalue weighted by molar-refractivity contribution is 0.0952. The molecule has 2 N–H and O–H groups in total. The summed E-state index contributed by atoms with van der Waals surface area (Å²) in [5.41, 5.74) is 6.40. The van der Waals surface area contributed by atoms with Crippen LogP contribution in [0.2, 0.25) is 0 Å². The van der Waals surface area contributed by atoms with E-state index in [0.717, 1.165) is 44.2 Å². The predicted molar refractivity (Wildman–Crippen MR) is 114 cm³/mol. The second-order valence-electron chi connectivity index (χ2n) is 8.19. The van der Waals surface area contributed by atoms with Crippen molar-refractivity contribution in [2.24, 2.45) is 0 Å². The first-order valence-corrected chi connectivity index (χ1v) is 12.2. The second kappa shape index (κ2) is 8.25. The molecule has 3 aliphatic rings. The maximum absolute atomic E-state index is 12.5. The Morgan fingerprint density at radius 2 is 1.74 bits per heavy atom. The van der Waals surface area contributed by atoms with Crippen LogP contribution in [-0.4, -0.2) is 49.9 Å². The summed E-state index contributed by atoms with van der Waals surface area (Å²) >= 11 is 0. The van der Waals surface area contributed by atoms with Gasteiger partial charge < -0.3 is 14.5 Å². The molecule has 31 heavy (non-hydrogen) atoms. The SMILES string of the molecule is O=C(NS(=O)(=O)N1CCCOCC1)c1cnc(Nc2c3c(cc4c2CCC4)CCC3)o1. The molecule has 0 atom stereocenters. The Kier molecular flexibility index (Phi) is 5.45. The van der Waals surface area contributed by atoms with Crippen LogP contribution in [0.25, 0.3) is 0 Å². The number of oxazole rings is 1. The molecule has 2 heterocycles. The summed E-state index contributed by atoms with van der Waals surface area (Å²) in [5, 5.41) is 3.28. The monoisotopic (exact) mass is 446 g/mol. The number of anilines is 2. The van der Waals surface area contributed by atoms with E-state index in [9.17, 15) is 13.2 Å². The maximum atomic E-state index is 12.5. The molecule has 1 aliphatic heterocycles. The number of aryl methyl sites for hydroxylation is 2. The van der Waals surface area contributed by atoms with Crippen LogP contribution in [0.4, 0.5) is 11.7 Å². The number of hydrogen-bond donors (Lipinski definition) is 2. The quantitative estimate of drug-likeness (QED) is 0.723. The molecule has 9 nitrogen and oxygen atoms in total. The summed E-state index contributed by atoms with van der Waals surface area (Å²) in [7, 11) is -3.97. The van der Waals surface area contributed by atoms with E-state index in [1.54, 1.807) is 0 Å². The normalized spacial score (nSPS) is 19.0. The number of fused-ring (bicyclic) bond motifs is 2. The van der Waals surface area contributed by atoms with Crippen molar-refractivity contribution >= 4 is 27.8 Å². The first-order valence-electron chi connectivity index (χ1n) is 10.8. The van der Waals surface area contributed by atoms with Gasteiger partial charge >= 0.3 is 16.1 Å². The molecule has 1 amide bonds. The van der Waals surface area contributed by atoms with Gasteiger partial charge in [-0.1, -0.05) is 6.07 Å². The number of rotatable bonds is 5. The van der Waals surface area contributed by atoms with Gasteiger partial charge in [0.15, 0.2) is 0 Å². The van der Waals surface area contributed by atoms with Gasteiger partial charge in [-0.15, -0.1) is 0 Å². The number of nitrogens with zero attached hydrogens (tertiary/aromatic N) is 2. The summed E-state index contributed by atoms with van der Waals surface area (Å²) in [5.74, 6) is -0.990. The van der Waals surface area contributed by atoms with E-state index < -0.39 is 16.1 Å². The average molecular weight is 447 g/mol. The highest BCUT2D eigenvalue weighted by atomic mass is 32.2. The minimum atomic E-state index is -3.97. The van der Waals surface area contributed by atoms with Gasteiger partial charge in [0.2, 0.25) is 5.76 Å². The van der Waals surface area contributed by atoms with Crippen LogP contribution < -0.4 is 10.0 Å². The fourth-order valence-electron chi connectivity index (χ4n) is 4.71. The first-order chi connectivity index (χ1) is 15.0. The molecular weight excluding hydrogens is 420 g/mol. The molecule has 10 heteroatoms. The van der Waals surface area contributed by atoms with Gasteiger partial charge in [-0.3, -0.25) is 4.79 Å². The number of ether oxygens (including phenoxy) is 1. The molecule has 1 aromatic carbocycles. The van der Waals surface area contributed by atoms with Crippen LogP contribution in [0.15, 0.2) is 16.7 Å². The number of benzene rings is 1. The van der Waals surface area contributed by atoms with Crippen LogP contribution in [0.3, 0.4) is 0 Å². The number of aromatic nitrogens is 1. The lowest BCUT2D eigenvalue weighted by atomic mass is 9.99. The highest BCUT2D eigenvalue weighted by molar-refractivity contribution is 7.87. The number of carbonyl (C=O) groups excluding carboxylic acids is 1. The lowest BCUT2D eigenvalue weighted by Gasteiger charge is -2.18. The third kappa shape index (κ3) is 4.07. The highest BCUT2D eigenvalue weighted by Crippen LogP contribution is 2.39. The van der Waals surface area contributed by atoms with Crippen LogP contribution in [0, 0.1) is 0 Å². The van der Waals surface area contributed by atoms with Gasteiger partial charge in [-0.05, 0) is 67.2 Å². The summed E-state index contributed by atoms with van der Waals surface area (Å²) in [6.45, 7) is 1.31. The van der Waals surface area contributed by atoms with E-state index in [1.165, 1.54) is 32.8 Å². The van der Waals surface area contributed by atoms with Crippen molar-refractivity contribution in [2.75, 3.05) is 31.6 Å². The second-order valence-corrected chi connectivity index (χ2v) is 9.86. The van der Waals surface area contributed by atoms with Gasteiger partial charge in [0.1, 0.15) is 0 Å². The zero-order valence-corrected chi connectivity index (χ0v) is 18.1. The molecule has 1 fully saturated rings. The van der Waals surface area contributed by atoms with E-state index in [4.69, 9.17) is 9.15 Å². The fourth-order valence-corrected chi connectivity index (χ4v) is 5.85. The molecule has 1 aromatic heterocycles.